The topological polar surface area (TPSA) is 130 Å². The number of phenolic OH excluding ortho intramolecular Hbond substituents is 3. The predicted molar refractivity (Wildman–Crippen MR) is 143 cm³/mol. The van der Waals surface area contributed by atoms with E-state index < -0.39 is 0 Å². The molecular weight excluding hydrogens is 488 g/mol. The Morgan fingerprint density at radius 3 is 2.26 bits per heavy atom. The SMILES string of the molecule is CC1=CCc2c(cc3oc(C)cc(=O)c3c2O)OC1.O=c1cc(-c2ccccc2)oc2cc(O)cc(O)c12. The van der Waals surface area contributed by atoms with Crippen molar-refractivity contribution in [3.8, 4) is 34.3 Å². The highest BCUT2D eigenvalue weighted by Gasteiger charge is 2.19. The first-order valence-corrected chi connectivity index (χ1v) is 11.8. The van der Waals surface area contributed by atoms with Crippen molar-refractivity contribution in [2.45, 2.75) is 20.3 Å². The summed E-state index contributed by atoms with van der Waals surface area (Å²) < 4.78 is 16.7. The zero-order valence-electron chi connectivity index (χ0n) is 20.6. The minimum absolute atomic E-state index is 0.0350. The summed E-state index contributed by atoms with van der Waals surface area (Å²) in [7, 11) is 0. The van der Waals surface area contributed by atoms with Gasteiger partial charge in [0.15, 0.2) is 10.9 Å². The van der Waals surface area contributed by atoms with Crippen LogP contribution in [0.1, 0.15) is 18.2 Å². The first-order valence-electron chi connectivity index (χ1n) is 11.8. The number of phenols is 3. The van der Waals surface area contributed by atoms with Gasteiger partial charge in [-0.15, -0.1) is 0 Å². The molecule has 0 spiro atoms. The van der Waals surface area contributed by atoms with E-state index in [1.54, 1.807) is 13.0 Å². The lowest BCUT2D eigenvalue weighted by Gasteiger charge is -2.11. The summed E-state index contributed by atoms with van der Waals surface area (Å²) in [6.07, 6.45) is 2.55. The molecule has 0 saturated heterocycles. The maximum atomic E-state index is 12.0. The minimum atomic E-state index is -0.349. The fourth-order valence-electron chi connectivity index (χ4n) is 4.29. The smallest absolute Gasteiger partial charge is 0.197 e. The van der Waals surface area contributed by atoms with E-state index in [0.717, 1.165) is 17.2 Å². The van der Waals surface area contributed by atoms with Crippen molar-refractivity contribution in [3.63, 3.8) is 0 Å². The van der Waals surface area contributed by atoms with Gasteiger partial charge >= 0.3 is 0 Å². The Balaban J connectivity index is 0.000000155. The van der Waals surface area contributed by atoms with Crippen molar-refractivity contribution in [1.82, 2.24) is 0 Å². The molecule has 1 aliphatic heterocycles. The predicted octanol–water partition coefficient (Wildman–Crippen LogP) is 5.56. The number of rotatable bonds is 1. The lowest BCUT2D eigenvalue weighted by Crippen LogP contribution is -2.04. The molecule has 6 rings (SSSR count). The normalized spacial score (nSPS) is 12.6. The Morgan fingerprint density at radius 1 is 0.789 bits per heavy atom. The second-order valence-electron chi connectivity index (χ2n) is 9.02. The van der Waals surface area contributed by atoms with E-state index in [4.69, 9.17) is 13.6 Å². The highest BCUT2D eigenvalue weighted by Crippen LogP contribution is 2.37. The van der Waals surface area contributed by atoms with Crippen molar-refractivity contribution >= 4 is 21.9 Å². The average molecular weight is 513 g/mol. The first kappa shape index (κ1) is 24.7. The summed E-state index contributed by atoms with van der Waals surface area (Å²) in [6.45, 7) is 4.15. The van der Waals surface area contributed by atoms with Gasteiger partial charge in [-0.1, -0.05) is 36.4 Å². The number of aryl methyl sites for hydroxylation is 1. The molecule has 192 valence electrons. The standard InChI is InChI=1S/C15H14O4.C15H10O4/c1-8-3-4-10-12(18-7-8)6-13-14(15(10)17)11(16)5-9(2)19-13;16-10-6-11(17)15-12(18)8-13(19-14(15)7-10)9-4-2-1-3-5-9/h3,5-6,17H,4,7H2,1-2H3;1-8,16-17H. The molecule has 1 aliphatic rings. The molecule has 38 heavy (non-hydrogen) atoms. The van der Waals surface area contributed by atoms with Crippen molar-refractivity contribution in [2.24, 2.45) is 0 Å². The van der Waals surface area contributed by atoms with E-state index in [9.17, 15) is 24.9 Å². The number of allylic oxidation sites excluding steroid dienone is 1. The van der Waals surface area contributed by atoms with Crippen LogP contribution in [0.2, 0.25) is 0 Å². The van der Waals surface area contributed by atoms with Gasteiger partial charge in [-0.05, 0) is 25.8 Å². The fourth-order valence-corrected chi connectivity index (χ4v) is 4.29. The molecule has 0 radical (unpaired) electrons. The summed E-state index contributed by atoms with van der Waals surface area (Å²) in [4.78, 5) is 24.0. The van der Waals surface area contributed by atoms with Gasteiger partial charge in [-0.2, -0.15) is 0 Å². The van der Waals surface area contributed by atoms with Crippen LogP contribution < -0.4 is 15.6 Å². The van der Waals surface area contributed by atoms with Crippen LogP contribution in [-0.4, -0.2) is 21.9 Å². The van der Waals surface area contributed by atoms with E-state index in [1.165, 1.54) is 18.2 Å². The van der Waals surface area contributed by atoms with Crippen LogP contribution in [0.25, 0.3) is 33.3 Å². The Morgan fingerprint density at radius 2 is 1.50 bits per heavy atom. The molecule has 0 bridgehead atoms. The number of benzene rings is 3. The molecule has 3 aromatic carbocycles. The summed E-state index contributed by atoms with van der Waals surface area (Å²) in [5.41, 5.74) is 2.42. The van der Waals surface area contributed by atoms with Gasteiger partial charge in [-0.25, -0.2) is 0 Å². The van der Waals surface area contributed by atoms with Crippen molar-refractivity contribution in [2.75, 3.05) is 6.61 Å². The van der Waals surface area contributed by atoms with Gasteiger partial charge in [0.2, 0.25) is 0 Å². The fraction of sp³-hybridized carbons (Fsp3) is 0.133. The summed E-state index contributed by atoms with van der Waals surface area (Å²) in [5, 5.41) is 29.7. The van der Waals surface area contributed by atoms with Crippen LogP contribution in [0.15, 0.2) is 90.7 Å². The van der Waals surface area contributed by atoms with E-state index in [0.29, 0.717) is 41.4 Å². The molecule has 0 saturated carbocycles. The third-order valence-corrected chi connectivity index (χ3v) is 6.14. The van der Waals surface area contributed by atoms with E-state index >= 15 is 0 Å². The van der Waals surface area contributed by atoms with E-state index in [1.807, 2.05) is 43.3 Å². The number of ether oxygens (including phenoxy) is 1. The second-order valence-corrected chi connectivity index (χ2v) is 9.02. The molecule has 0 unspecified atom stereocenters. The molecule has 8 nitrogen and oxygen atoms in total. The molecule has 8 heteroatoms. The molecule has 3 N–H and O–H groups in total. The van der Waals surface area contributed by atoms with Gasteiger partial charge < -0.3 is 28.9 Å². The summed E-state index contributed by atoms with van der Waals surface area (Å²) >= 11 is 0. The highest BCUT2D eigenvalue weighted by molar-refractivity contribution is 5.87. The highest BCUT2D eigenvalue weighted by atomic mass is 16.5. The Kier molecular flexibility index (Phi) is 6.38. The third-order valence-electron chi connectivity index (χ3n) is 6.14. The molecule has 5 aromatic rings. The minimum Gasteiger partial charge on any atom is -0.508 e. The largest absolute Gasteiger partial charge is 0.508 e. The maximum absolute atomic E-state index is 12.0. The maximum Gasteiger partial charge on any atom is 0.197 e. The lowest BCUT2D eigenvalue weighted by atomic mass is 10.0. The van der Waals surface area contributed by atoms with E-state index in [-0.39, 0.29) is 44.5 Å². The average Bonchev–Trinajstić information content (AvgIpc) is 3.05. The van der Waals surface area contributed by atoms with Crippen molar-refractivity contribution in [3.05, 3.63) is 104 Å². The van der Waals surface area contributed by atoms with Crippen molar-refractivity contribution < 1.29 is 28.9 Å². The molecule has 0 fully saturated rings. The zero-order chi connectivity index (χ0) is 27.0. The Hall–Kier alpha value is -4.98. The van der Waals surface area contributed by atoms with Gasteiger partial charge in [-0.3, -0.25) is 9.59 Å². The van der Waals surface area contributed by atoms with Gasteiger partial charge in [0.25, 0.3) is 0 Å². The van der Waals surface area contributed by atoms with Gasteiger partial charge in [0, 0.05) is 41.5 Å². The Labute approximate surface area is 216 Å². The second kappa shape index (κ2) is 9.82. The number of hydrogen-bond donors (Lipinski definition) is 3. The van der Waals surface area contributed by atoms with Crippen LogP contribution >= 0.6 is 0 Å². The molecular formula is C30H24O8. The third kappa shape index (κ3) is 4.71. The van der Waals surface area contributed by atoms with Crippen LogP contribution in [0.3, 0.4) is 0 Å². The molecule has 0 amide bonds. The number of hydrogen-bond acceptors (Lipinski definition) is 8. The van der Waals surface area contributed by atoms with E-state index in [2.05, 4.69) is 0 Å². The van der Waals surface area contributed by atoms with Crippen LogP contribution in [-0.2, 0) is 6.42 Å². The van der Waals surface area contributed by atoms with Gasteiger partial charge in [0.1, 0.15) is 63.1 Å². The van der Waals surface area contributed by atoms with Gasteiger partial charge in [0.05, 0.1) is 0 Å². The van der Waals surface area contributed by atoms with Crippen LogP contribution in [0.4, 0.5) is 0 Å². The number of aromatic hydroxyl groups is 3. The molecule has 2 aromatic heterocycles. The zero-order valence-corrected chi connectivity index (χ0v) is 20.6. The summed E-state index contributed by atoms with van der Waals surface area (Å²) in [5.74, 6) is 1.00. The van der Waals surface area contributed by atoms with Crippen LogP contribution in [0, 0.1) is 6.92 Å². The Bertz CT molecular complexity index is 1830. The lowest BCUT2D eigenvalue weighted by molar-refractivity contribution is 0.349. The first-order chi connectivity index (χ1) is 18.2. The molecule has 0 aliphatic carbocycles. The quantitative estimate of drug-likeness (QED) is 0.249. The molecule has 0 atom stereocenters. The number of fused-ring (bicyclic) bond motifs is 3. The monoisotopic (exact) mass is 512 g/mol. The van der Waals surface area contributed by atoms with Crippen molar-refractivity contribution in [1.29, 1.82) is 0 Å². The summed E-state index contributed by atoms with van der Waals surface area (Å²) in [6, 6.07) is 16.0. The molecule has 3 heterocycles. The van der Waals surface area contributed by atoms with Crippen LogP contribution in [0.5, 0.6) is 23.0 Å².